The SMILES string of the molecule is C=Cc1cccc(NC2CCC(CC3=CC(N4CCCCC4)=CC(C)/C3=N\CCN)CC2)n1. The summed E-state index contributed by atoms with van der Waals surface area (Å²) in [6.07, 6.45) is 16.7. The maximum atomic E-state index is 5.79. The van der Waals surface area contributed by atoms with Gasteiger partial charge in [0, 0.05) is 43.0 Å². The Morgan fingerprint density at radius 2 is 1.97 bits per heavy atom. The number of aromatic nitrogens is 1. The standard InChI is InChI=1S/C28H41N5/c1-3-24-8-7-9-27(31-24)32-25-12-10-22(11-13-25)19-23-20-26(33-16-5-4-6-17-33)18-21(2)28(23)30-15-14-29/h3,7-9,18,20-22,25H,1,4-6,10-17,19,29H2,2H3,(H,31,32)/b30-28+. The highest BCUT2D eigenvalue weighted by Crippen LogP contribution is 2.35. The molecule has 0 bridgehead atoms. The van der Waals surface area contributed by atoms with E-state index in [9.17, 15) is 0 Å². The molecule has 1 aliphatic heterocycles. The molecule has 1 saturated heterocycles. The third-order valence-electron chi connectivity index (χ3n) is 7.32. The van der Waals surface area contributed by atoms with Gasteiger partial charge in [0.05, 0.1) is 12.2 Å². The minimum Gasteiger partial charge on any atom is -0.372 e. The third kappa shape index (κ3) is 6.35. The Morgan fingerprint density at radius 1 is 1.18 bits per heavy atom. The molecule has 0 spiro atoms. The van der Waals surface area contributed by atoms with Gasteiger partial charge in [-0.25, -0.2) is 4.98 Å². The molecule has 4 rings (SSSR count). The van der Waals surface area contributed by atoms with Gasteiger partial charge in [0.25, 0.3) is 0 Å². The Labute approximate surface area is 200 Å². The number of aliphatic imine (C=N–C) groups is 1. The summed E-state index contributed by atoms with van der Waals surface area (Å²) in [6.45, 7) is 9.85. The molecule has 5 nitrogen and oxygen atoms in total. The first-order valence-electron chi connectivity index (χ1n) is 12.9. The van der Waals surface area contributed by atoms with E-state index in [0.717, 1.165) is 30.4 Å². The monoisotopic (exact) mass is 447 g/mol. The molecule has 2 fully saturated rings. The highest BCUT2D eigenvalue weighted by atomic mass is 15.1. The Kier molecular flexibility index (Phi) is 8.38. The van der Waals surface area contributed by atoms with Crippen LogP contribution in [0, 0.1) is 11.8 Å². The number of anilines is 1. The molecular weight excluding hydrogens is 406 g/mol. The summed E-state index contributed by atoms with van der Waals surface area (Å²) in [5.41, 5.74) is 10.9. The Morgan fingerprint density at radius 3 is 2.70 bits per heavy atom. The van der Waals surface area contributed by atoms with E-state index in [-0.39, 0.29) is 0 Å². The van der Waals surface area contributed by atoms with Crippen LogP contribution in [0.5, 0.6) is 0 Å². The molecule has 1 saturated carbocycles. The summed E-state index contributed by atoms with van der Waals surface area (Å²) in [4.78, 5) is 12.1. The van der Waals surface area contributed by atoms with E-state index in [2.05, 4.69) is 46.9 Å². The average Bonchev–Trinajstić information content (AvgIpc) is 2.85. The number of nitrogens with one attached hydrogen (secondary N) is 1. The second-order valence-corrected chi connectivity index (χ2v) is 9.87. The van der Waals surface area contributed by atoms with Gasteiger partial charge >= 0.3 is 0 Å². The number of pyridine rings is 1. The lowest BCUT2D eigenvalue weighted by Crippen LogP contribution is -2.32. The van der Waals surface area contributed by atoms with Crippen molar-refractivity contribution >= 4 is 17.6 Å². The van der Waals surface area contributed by atoms with Crippen molar-refractivity contribution in [2.75, 3.05) is 31.5 Å². The molecule has 178 valence electrons. The maximum absolute atomic E-state index is 5.79. The second kappa shape index (κ2) is 11.6. The fraction of sp³-hybridized carbons (Fsp3) is 0.571. The van der Waals surface area contributed by atoms with Crippen LogP contribution in [0.1, 0.15) is 64.0 Å². The van der Waals surface area contributed by atoms with Gasteiger partial charge in [0.1, 0.15) is 5.82 Å². The molecule has 1 atom stereocenters. The number of rotatable bonds is 8. The lowest BCUT2D eigenvalue weighted by Gasteiger charge is -2.35. The zero-order valence-electron chi connectivity index (χ0n) is 20.3. The van der Waals surface area contributed by atoms with Gasteiger partial charge in [-0.05, 0) is 87.1 Å². The molecule has 0 radical (unpaired) electrons. The van der Waals surface area contributed by atoms with Crippen LogP contribution in [-0.2, 0) is 0 Å². The van der Waals surface area contributed by atoms with E-state index in [4.69, 9.17) is 10.7 Å². The number of piperidine rings is 1. The summed E-state index contributed by atoms with van der Waals surface area (Å²) in [5.74, 6) is 2.06. The smallest absolute Gasteiger partial charge is 0.126 e. The predicted octanol–water partition coefficient (Wildman–Crippen LogP) is 5.43. The molecule has 2 aliphatic carbocycles. The summed E-state index contributed by atoms with van der Waals surface area (Å²) in [5, 5.41) is 3.65. The number of nitrogens with zero attached hydrogens (tertiary/aromatic N) is 3. The molecule has 5 heteroatoms. The number of hydrogen-bond acceptors (Lipinski definition) is 5. The Bertz CT molecular complexity index is 885. The van der Waals surface area contributed by atoms with Crippen molar-refractivity contribution in [1.29, 1.82) is 0 Å². The highest BCUT2D eigenvalue weighted by Gasteiger charge is 2.27. The quantitative estimate of drug-likeness (QED) is 0.557. The van der Waals surface area contributed by atoms with Crippen LogP contribution in [0.3, 0.4) is 0 Å². The first-order valence-corrected chi connectivity index (χ1v) is 12.9. The van der Waals surface area contributed by atoms with Crippen molar-refractivity contribution in [1.82, 2.24) is 9.88 Å². The van der Waals surface area contributed by atoms with Crippen LogP contribution in [0.4, 0.5) is 5.82 Å². The van der Waals surface area contributed by atoms with Gasteiger partial charge in [-0.15, -0.1) is 0 Å². The first-order chi connectivity index (χ1) is 16.2. The summed E-state index contributed by atoms with van der Waals surface area (Å²) in [6, 6.07) is 6.60. The normalized spacial score (nSPS) is 27.2. The van der Waals surface area contributed by atoms with Crippen LogP contribution in [0.2, 0.25) is 0 Å². The second-order valence-electron chi connectivity index (χ2n) is 9.87. The number of nitrogens with two attached hydrogens (primary N) is 1. The lowest BCUT2D eigenvalue weighted by atomic mass is 9.78. The average molecular weight is 448 g/mol. The molecule has 3 aliphatic rings. The molecule has 33 heavy (non-hydrogen) atoms. The largest absolute Gasteiger partial charge is 0.372 e. The van der Waals surface area contributed by atoms with Crippen LogP contribution < -0.4 is 11.1 Å². The van der Waals surface area contributed by atoms with Gasteiger partial charge in [-0.2, -0.15) is 0 Å². The molecule has 0 amide bonds. The molecule has 1 aromatic heterocycles. The third-order valence-corrected chi connectivity index (χ3v) is 7.32. The molecule has 3 N–H and O–H groups in total. The van der Waals surface area contributed by atoms with Crippen LogP contribution in [-0.4, -0.2) is 47.8 Å². The molecule has 2 heterocycles. The van der Waals surface area contributed by atoms with Crippen LogP contribution in [0.25, 0.3) is 6.08 Å². The van der Waals surface area contributed by atoms with Gasteiger partial charge in [0.15, 0.2) is 0 Å². The Balaban J connectivity index is 1.39. The first kappa shape index (κ1) is 23.7. The zero-order chi connectivity index (χ0) is 23.0. The Hall–Kier alpha value is -2.40. The van der Waals surface area contributed by atoms with Crippen molar-refractivity contribution in [3.63, 3.8) is 0 Å². The minimum absolute atomic E-state index is 0.370. The van der Waals surface area contributed by atoms with Crippen LogP contribution >= 0.6 is 0 Å². The zero-order valence-corrected chi connectivity index (χ0v) is 20.3. The van der Waals surface area contributed by atoms with E-state index >= 15 is 0 Å². The van der Waals surface area contributed by atoms with E-state index < -0.39 is 0 Å². The lowest BCUT2D eigenvalue weighted by molar-refractivity contribution is 0.290. The van der Waals surface area contributed by atoms with E-state index in [1.54, 1.807) is 6.08 Å². The van der Waals surface area contributed by atoms with Crippen LogP contribution in [0.15, 0.2) is 53.2 Å². The summed E-state index contributed by atoms with van der Waals surface area (Å²) < 4.78 is 0. The van der Waals surface area contributed by atoms with Gasteiger partial charge < -0.3 is 16.0 Å². The topological polar surface area (TPSA) is 66.5 Å². The highest BCUT2D eigenvalue weighted by molar-refractivity contribution is 6.04. The fourth-order valence-electron chi connectivity index (χ4n) is 5.55. The fourth-order valence-corrected chi connectivity index (χ4v) is 5.55. The van der Waals surface area contributed by atoms with Gasteiger partial charge in [0.2, 0.25) is 0 Å². The van der Waals surface area contributed by atoms with Crippen molar-refractivity contribution in [2.45, 2.75) is 64.3 Å². The van der Waals surface area contributed by atoms with E-state index in [0.29, 0.717) is 18.5 Å². The van der Waals surface area contributed by atoms with Gasteiger partial charge in [-0.1, -0.05) is 25.6 Å². The van der Waals surface area contributed by atoms with E-state index in [1.807, 2.05) is 12.1 Å². The maximum Gasteiger partial charge on any atom is 0.126 e. The molecule has 0 aromatic carbocycles. The van der Waals surface area contributed by atoms with Crippen molar-refractivity contribution in [3.8, 4) is 0 Å². The number of likely N-dealkylation sites (tertiary alicyclic amines) is 1. The summed E-state index contributed by atoms with van der Waals surface area (Å²) in [7, 11) is 0. The minimum atomic E-state index is 0.370. The van der Waals surface area contributed by atoms with Crippen molar-refractivity contribution < 1.29 is 0 Å². The predicted molar refractivity (Wildman–Crippen MR) is 140 cm³/mol. The van der Waals surface area contributed by atoms with Crippen molar-refractivity contribution in [3.05, 3.63) is 53.9 Å². The van der Waals surface area contributed by atoms with Crippen molar-refractivity contribution in [2.24, 2.45) is 22.6 Å². The number of allylic oxidation sites excluding steroid dienone is 3. The van der Waals surface area contributed by atoms with Gasteiger partial charge in [-0.3, -0.25) is 4.99 Å². The summed E-state index contributed by atoms with van der Waals surface area (Å²) >= 11 is 0. The molecular formula is C28H41N5. The molecule has 1 aromatic rings. The van der Waals surface area contributed by atoms with E-state index in [1.165, 1.54) is 75.0 Å². The number of hydrogen-bond donors (Lipinski definition) is 2. The molecule has 1 unspecified atom stereocenters.